The average Bonchev–Trinajstić information content (AvgIpc) is 3.82. The van der Waals surface area contributed by atoms with E-state index in [9.17, 15) is 18.3 Å². The number of piperazine rings is 1. The fourth-order valence-electron chi connectivity index (χ4n) is 7.41. The molecule has 10 nitrogen and oxygen atoms in total. The maximum absolute atomic E-state index is 12.6. The van der Waals surface area contributed by atoms with E-state index < -0.39 is 16.1 Å². The first-order chi connectivity index (χ1) is 24.5. The van der Waals surface area contributed by atoms with E-state index in [1.807, 2.05) is 59.3 Å². The van der Waals surface area contributed by atoms with Crippen molar-refractivity contribution in [3.05, 3.63) is 110 Å². The van der Waals surface area contributed by atoms with Crippen molar-refractivity contribution in [1.82, 2.24) is 29.2 Å². The number of hydrogen-bond acceptors (Lipinski definition) is 6. The molecule has 0 spiro atoms. The summed E-state index contributed by atoms with van der Waals surface area (Å²) >= 11 is 12.6. The minimum atomic E-state index is -3.39. The molecule has 13 heteroatoms. The minimum Gasteiger partial charge on any atom is -0.465 e. The van der Waals surface area contributed by atoms with E-state index in [0.717, 1.165) is 77.7 Å². The summed E-state index contributed by atoms with van der Waals surface area (Å²) in [6.45, 7) is 5.02. The van der Waals surface area contributed by atoms with Crippen LogP contribution in [0, 0.1) is 11.8 Å². The summed E-state index contributed by atoms with van der Waals surface area (Å²) in [5.74, 6) is 6.49. The van der Waals surface area contributed by atoms with E-state index >= 15 is 0 Å². The molecule has 2 bridgehead atoms. The highest BCUT2D eigenvalue weighted by Gasteiger charge is 2.45. The van der Waals surface area contributed by atoms with Gasteiger partial charge in [-0.3, -0.25) is 9.58 Å². The van der Waals surface area contributed by atoms with Crippen molar-refractivity contribution in [3.63, 3.8) is 0 Å². The number of rotatable bonds is 10. The van der Waals surface area contributed by atoms with Gasteiger partial charge in [0.15, 0.2) is 0 Å². The zero-order chi connectivity index (χ0) is 35.7. The summed E-state index contributed by atoms with van der Waals surface area (Å²) in [6, 6.07) is 21.9. The molecule has 1 aromatic heterocycles. The third kappa shape index (κ3) is 8.12. The van der Waals surface area contributed by atoms with E-state index in [0.29, 0.717) is 36.6 Å². The van der Waals surface area contributed by atoms with Gasteiger partial charge in [0.05, 0.1) is 17.0 Å². The first kappa shape index (κ1) is 35.5. The lowest BCUT2D eigenvalue weighted by Crippen LogP contribution is -2.48. The third-order valence-electron chi connectivity index (χ3n) is 10.1. The van der Waals surface area contributed by atoms with Crippen LogP contribution in [0.4, 0.5) is 4.79 Å². The molecule has 2 fully saturated rings. The summed E-state index contributed by atoms with van der Waals surface area (Å²) in [4.78, 5) is 15.5. The molecule has 4 heterocycles. The SMILES string of the molecule is CS(=O)(=O)N1CCc2c(c(-c3ccc(Cl)c(C#Cc4ccc(CNCc5ccc(Cl)cc5)cc4)c3)nn2CCCN2C[C@@H]3C[C@H]2CN3C(=O)O)C1. The highest BCUT2D eigenvalue weighted by molar-refractivity contribution is 7.88. The predicted octanol–water partition coefficient (Wildman–Crippen LogP) is 5.69. The zero-order valence-electron chi connectivity index (χ0n) is 28.4. The number of carboxylic acid groups (broad SMARTS) is 1. The van der Waals surface area contributed by atoms with Crippen LogP contribution in [0.5, 0.6) is 0 Å². The highest BCUT2D eigenvalue weighted by atomic mass is 35.5. The van der Waals surface area contributed by atoms with Gasteiger partial charge in [0.1, 0.15) is 0 Å². The molecule has 7 rings (SSSR count). The Morgan fingerprint density at radius 2 is 1.69 bits per heavy atom. The lowest BCUT2D eigenvalue weighted by Gasteiger charge is -2.32. The Balaban J connectivity index is 1.05. The molecule has 0 radical (unpaired) electrons. The van der Waals surface area contributed by atoms with Crippen LogP contribution >= 0.6 is 23.2 Å². The number of nitrogens with zero attached hydrogens (tertiary/aromatic N) is 5. The van der Waals surface area contributed by atoms with Gasteiger partial charge in [-0.1, -0.05) is 65.4 Å². The Hall–Kier alpha value is -3.89. The molecule has 2 N–H and O–H groups in total. The smallest absolute Gasteiger partial charge is 0.407 e. The van der Waals surface area contributed by atoms with Gasteiger partial charge in [0.2, 0.25) is 10.0 Å². The van der Waals surface area contributed by atoms with E-state index in [4.69, 9.17) is 28.3 Å². The Bertz CT molecular complexity index is 2090. The molecule has 0 unspecified atom stereocenters. The van der Waals surface area contributed by atoms with Crippen molar-refractivity contribution >= 4 is 39.3 Å². The monoisotopic (exact) mass is 746 g/mol. The van der Waals surface area contributed by atoms with Crippen molar-refractivity contribution in [2.24, 2.45) is 0 Å². The van der Waals surface area contributed by atoms with Gasteiger partial charge in [0.25, 0.3) is 0 Å². The summed E-state index contributed by atoms with van der Waals surface area (Å²) in [5.41, 5.74) is 7.39. The molecule has 4 aromatic rings. The molecular formula is C38H40Cl2N6O4S. The number of nitrogens with one attached hydrogen (secondary N) is 1. The lowest BCUT2D eigenvalue weighted by molar-refractivity contribution is 0.102. The number of amides is 1. The van der Waals surface area contributed by atoms with Crippen LogP contribution < -0.4 is 5.32 Å². The normalized spacial score (nSPS) is 18.8. The summed E-state index contributed by atoms with van der Waals surface area (Å²) in [5, 5.41) is 19.2. The van der Waals surface area contributed by atoms with E-state index in [-0.39, 0.29) is 18.6 Å². The van der Waals surface area contributed by atoms with Gasteiger partial charge >= 0.3 is 6.09 Å². The molecule has 1 amide bonds. The summed E-state index contributed by atoms with van der Waals surface area (Å²) < 4.78 is 28.7. The lowest BCUT2D eigenvalue weighted by atomic mass is 10.0. The average molecular weight is 748 g/mol. The van der Waals surface area contributed by atoms with Crippen molar-refractivity contribution < 1.29 is 18.3 Å². The summed E-state index contributed by atoms with van der Waals surface area (Å²) in [6.07, 6.45) is 2.74. The van der Waals surface area contributed by atoms with Crippen LogP contribution in [-0.4, -0.2) is 88.0 Å². The molecule has 0 aliphatic carbocycles. The molecule has 266 valence electrons. The fraction of sp³-hybridized carbons (Fsp3) is 0.368. The first-order valence-corrected chi connectivity index (χ1v) is 19.8. The second-order valence-electron chi connectivity index (χ2n) is 13.5. The van der Waals surface area contributed by atoms with Crippen molar-refractivity contribution in [3.8, 4) is 23.1 Å². The number of hydrogen-bond donors (Lipinski definition) is 2. The van der Waals surface area contributed by atoms with Gasteiger partial charge < -0.3 is 15.3 Å². The maximum atomic E-state index is 12.6. The van der Waals surface area contributed by atoms with E-state index in [1.165, 1.54) is 16.1 Å². The molecule has 51 heavy (non-hydrogen) atoms. The van der Waals surface area contributed by atoms with Crippen LogP contribution in [0.1, 0.15) is 46.4 Å². The number of benzene rings is 3. The number of sulfonamides is 1. The molecule has 2 saturated heterocycles. The Labute approximate surface area is 309 Å². The Kier molecular flexibility index (Phi) is 10.4. The van der Waals surface area contributed by atoms with Crippen molar-refractivity contribution in [2.75, 3.05) is 32.4 Å². The molecular weight excluding hydrogens is 707 g/mol. The van der Waals surface area contributed by atoms with Crippen molar-refractivity contribution in [2.45, 2.75) is 57.5 Å². The van der Waals surface area contributed by atoms with Crippen LogP contribution in [0.25, 0.3) is 11.3 Å². The number of fused-ring (bicyclic) bond motifs is 3. The van der Waals surface area contributed by atoms with Gasteiger partial charge in [-0.2, -0.15) is 9.40 Å². The van der Waals surface area contributed by atoms with Crippen LogP contribution in [-0.2, 0) is 42.6 Å². The number of likely N-dealkylation sites (tertiary alicyclic amines) is 2. The van der Waals surface area contributed by atoms with Crippen molar-refractivity contribution in [1.29, 1.82) is 0 Å². The van der Waals surface area contributed by atoms with Crippen LogP contribution in [0.3, 0.4) is 0 Å². The predicted molar refractivity (Wildman–Crippen MR) is 199 cm³/mol. The van der Waals surface area contributed by atoms with Crippen LogP contribution in [0.2, 0.25) is 10.0 Å². The quantitative estimate of drug-likeness (QED) is 0.201. The van der Waals surface area contributed by atoms with E-state index in [2.05, 4.69) is 34.2 Å². The number of aryl methyl sites for hydroxylation is 1. The minimum absolute atomic E-state index is 0.0775. The van der Waals surface area contributed by atoms with Gasteiger partial charge in [-0.05, 0) is 60.4 Å². The number of aromatic nitrogens is 2. The molecule has 3 aliphatic heterocycles. The topological polar surface area (TPSA) is 111 Å². The van der Waals surface area contributed by atoms with Gasteiger partial charge in [-0.15, -0.1) is 0 Å². The zero-order valence-corrected chi connectivity index (χ0v) is 30.7. The maximum Gasteiger partial charge on any atom is 0.407 e. The Morgan fingerprint density at radius 3 is 2.35 bits per heavy atom. The standard InChI is InChI=1S/C38H40Cl2N6O4S/c1-51(49,50)44-18-15-36-34(25-44)37(42-46(36)17-2-16-43-23-33-20-32(43)24-45(33)38(47)48)30-11-14-35(40)29(19-30)10-7-26-3-5-27(6-4-26)21-41-22-28-8-12-31(39)13-9-28/h3-6,8-9,11-14,19,32-33,41H,2,15-18,20-25H2,1H3,(H,47,48)/t32-,33-/m0/s1. The molecule has 0 saturated carbocycles. The number of carbonyl (C=O) groups is 1. The third-order valence-corrected chi connectivity index (χ3v) is 11.9. The number of halogens is 2. The molecule has 3 aliphatic rings. The van der Waals surface area contributed by atoms with Gasteiger partial charge in [-0.25, -0.2) is 13.2 Å². The second kappa shape index (κ2) is 15.0. The van der Waals surface area contributed by atoms with Crippen LogP contribution in [0.15, 0.2) is 66.7 Å². The summed E-state index contributed by atoms with van der Waals surface area (Å²) in [7, 11) is -3.39. The fourth-order valence-corrected chi connectivity index (χ4v) is 8.49. The molecule has 2 atom stereocenters. The largest absolute Gasteiger partial charge is 0.465 e. The Morgan fingerprint density at radius 1 is 0.961 bits per heavy atom. The second-order valence-corrected chi connectivity index (χ2v) is 16.4. The molecule has 3 aromatic carbocycles. The van der Waals surface area contributed by atoms with E-state index in [1.54, 1.807) is 4.90 Å². The first-order valence-electron chi connectivity index (χ1n) is 17.1. The van der Waals surface area contributed by atoms with Gasteiger partial charge in [0, 0.05) is 104 Å². The highest BCUT2D eigenvalue weighted by Crippen LogP contribution is 2.34.